The van der Waals surface area contributed by atoms with E-state index in [1.807, 2.05) is 0 Å². The van der Waals surface area contributed by atoms with E-state index in [9.17, 15) is 4.79 Å². The maximum absolute atomic E-state index is 13.4. The van der Waals surface area contributed by atoms with Gasteiger partial charge in [-0.2, -0.15) is 0 Å². The van der Waals surface area contributed by atoms with Crippen LogP contribution in [0.5, 0.6) is 0 Å². The van der Waals surface area contributed by atoms with Gasteiger partial charge in [-0.3, -0.25) is 4.79 Å². The Hall–Kier alpha value is -1.84. The summed E-state index contributed by atoms with van der Waals surface area (Å²) < 4.78 is 0. The largest absolute Gasteiger partial charge is 0.337 e. The zero-order valence-electron chi connectivity index (χ0n) is 15.5. The first-order chi connectivity index (χ1) is 12.7. The average molecular weight is 383 g/mol. The van der Waals surface area contributed by atoms with Gasteiger partial charge in [0.1, 0.15) is 0 Å². The van der Waals surface area contributed by atoms with E-state index >= 15 is 0 Å². The fourth-order valence-corrected chi connectivity index (χ4v) is 5.66. The number of amides is 1. The van der Waals surface area contributed by atoms with Crippen LogP contribution in [0.25, 0.3) is 0 Å². The van der Waals surface area contributed by atoms with Gasteiger partial charge in [0.2, 0.25) is 5.91 Å². The molecule has 2 aromatic carbocycles. The van der Waals surface area contributed by atoms with Crippen molar-refractivity contribution in [1.82, 2.24) is 4.90 Å². The van der Waals surface area contributed by atoms with Gasteiger partial charge in [0.25, 0.3) is 0 Å². The van der Waals surface area contributed by atoms with Gasteiger partial charge < -0.3 is 10.6 Å². The van der Waals surface area contributed by atoms with Crippen molar-refractivity contribution < 1.29 is 4.79 Å². The first-order valence-electron chi connectivity index (χ1n) is 9.89. The number of carbonyl (C=O) groups excluding carboxylic acids is 1. The number of nitrogens with two attached hydrogens (primary N) is 1. The third-order valence-corrected chi connectivity index (χ3v) is 6.97. The lowest BCUT2D eigenvalue weighted by atomic mass is 9.81. The van der Waals surface area contributed by atoms with Gasteiger partial charge >= 0.3 is 0 Å². The average Bonchev–Trinajstić information content (AvgIpc) is 3.28. The second-order valence-corrected chi connectivity index (χ2v) is 8.32. The zero-order chi connectivity index (χ0) is 17.7. The molecule has 0 aromatic heterocycles. The highest BCUT2D eigenvalue weighted by Crippen LogP contribution is 2.48. The van der Waals surface area contributed by atoms with Crippen LogP contribution in [0.3, 0.4) is 0 Å². The molecule has 142 valence electrons. The molecule has 2 aliphatic carbocycles. The smallest absolute Gasteiger partial charge is 0.227 e. The molecule has 0 spiro atoms. The summed E-state index contributed by atoms with van der Waals surface area (Å²) in [5.74, 6) is 1.65. The number of carbonyl (C=O) groups is 1. The Labute approximate surface area is 167 Å². The molecule has 2 bridgehead atoms. The van der Waals surface area contributed by atoms with E-state index in [0.29, 0.717) is 17.7 Å². The molecule has 0 radical (unpaired) electrons. The van der Waals surface area contributed by atoms with Crippen molar-refractivity contribution in [2.24, 2.45) is 23.5 Å². The Morgan fingerprint density at radius 2 is 1.67 bits per heavy atom. The minimum Gasteiger partial charge on any atom is -0.337 e. The quantitative estimate of drug-likeness (QED) is 0.854. The van der Waals surface area contributed by atoms with Crippen LogP contribution in [0.2, 0.25) is 0 Å². The highest BCUT2D eigenvalue weighted by Gasteiger charge is 2.50. The van der Waals surface area contributed by atoms with E-state index in [2.05, 4.69) is 59.5 Å². The first kappa shape index (κ1) is 18.5. The molecule has 5 unspecified atom stereocenters. The molecule has 2 N–H and O–H groups in total. The molecule has 3 nitrogen and oxygen atoms in total. The van der Waals surface area contributed by atoms with Crippen molar-refractivity contribution in [3.8, 4) is 0 Å². The molecular formula is C23H27ClN2O. The highest BCUT2D eigenvalue weighted by molar-refractivity contribution is 5.85. The molecule has 1 amide bonds. The number of hydrogen-bond donors (Lipinski definition) is 1. The third kappa shape index (κ3) is 3.07. The zero-order valence-corrected chi connectivity index (χ0v) is 16.3. The molecule has 2 saturated carbocycles. The van der Waals surface area contributed by atoms with Gasteiger partial charge in [-0.05, 0) is 47.8 Å². The van der Waals surface area contributed by atoms with E-state index < -0.39 is 0 Å². The van der Waals surface area contributed by atoms with E-state index in [-0.39, 0.29) is 30.3 Å². The maximum atomic E-state index is 13.4. The van der Waals surface area contributed by atoms with E-state index in [1.165, 1.54) is 29.5 Å². The van der Waals surface area contributed by atoms with Crippen LogP contribution in [0.15, 0.2) is 54.6 Å². The fourth-order valence-electron chi connectivity index (χ4n) is 5.66. The Balaban J connectivity index is 0.00000180. The molecule has 0 saturated heterocycles. The normalized spacial score (nSPS) is 31.3. The maximum Gasteiger partial charge on any atom is 0.227 e. The molecule has 1 heterocycles. The van der Waals surface area contributed by atoms with Crippen molar-refractivity contribution in [2.45, 2.75) is 37.8 Å². The Bertz CT molecular complexity index is 822. The number of benzene rings is 2. The van der Waals surface area contributed by atoms with Gasteiger partial charge in [-0.25, -0.2) is 0 Å². The van der Waals surface area contributed by atoms with Crippen LogP contribution >= 0.6 is 12.4 Å². The summed E-state index contributed by atoms with van der Waals surface area (Å²) in [6, 6.07) is 19.2. The predicted molar refractivity (Wildman–Crippen MR) is 110 cm³/mol. The predicted octanol–water partition coefficient (Wildman–Crippen LogP) is 3.96. The molecule has 1 aliphatic heterocycles. The van der Waals surface area contributed by atoms with Crippen LogP contribution in [-0.4, -0.2) is 23.4 Å². The second kappa shape index (κ2) is 7.29. The number of nitrogens with zero attached hydrogens (tertiary/aromatic N) is 1. The molecule has 4 heteroatoms. The first-order valence-corrected chi connectivity index (χ1v) is 9.89. The number of hydrogen-bond acceptors (Lipinski definition) is 2. The molecule has 27 heavy (non-hydrogen) atoms. The van der Waals surface area contributed by atoms with Crippen LogP contribution in [0, 0.1) is 17.8 Å². The molecule has 2 fully saturated rings. The lowest BCUT2D eigenvalue weighted by Gasteiger charge is -2.39. The molecule has 5 rings (SSSR count). The standard InChI is InChI=1S/C23H26N2O.ClH/c24-22-17-11-10-16(12-17)21(22)23(26)25-13-18-8-4-5-9-19(18)20(14-25)15-6-2-1-3-7-15;/h1-9,16-17,20-22H,10-14,24H2;1H. The summed E-state index contributed by atoms with van der Waals surface area (Å²) in [6.07, 6.45) is 3.55. The third-order valence-electron chi connectivity index (χ3n) is 6.97. The molecular weight excluding hydrogens is 356 g/mol. The summed E-state index contributed by atoms with van der Waals surface area (Å²) in [7, 11) is 0. The van der Waals surface area contributed by atoms with Crippen LogP contribution in [0.1, 0.15) is 41.9 Å². The minimum atomic E-state index is 0. The van der Waals surface area contributed by atoms with Crippen molar-refractivity contribution in [2.75, 3.05) is 6.54 Å². The summed E-state index contributed by atoms with van der Waals surface area (Å²) >= 11 is 0. The summed E-state index contributed by atoms with van der Waals surface area (Å²) in [4.78, 5) is 15.5. The van der Waals surface area contributed by atoms with Gasteiger partial charge in [0, 0.05) is 25.0 Å². The van der Waals surface area contributed by atoms with Crippen LogP contribution in [-0.2, 0) is 11.3 Å². The summed E-state index contributed by atoms with van der Waals surface area (Å²) in [6.45, 7) is 1.49. The Morgan fingerprint density at radius 1 is 0.963 bits per heavy atom. The minimum absolute atomic E-state index is 0. The van der Waals surface area contributed by atoms with Crippen molar-refractivity contribution in [1.29, 1.82) is 0 Å². The molecule has 5 atom stereocenters. The van der Waals surface area contributed by atoms with Gasteiger partial charge in [0.15, 0.2) is 0 Å². The Kier molecular flexibility index (Phi) is 5.00. The van der Waals surface area contributed by atoms with Crippen molar-refractivity contribution in [3.05, 3.63) is 71.3 Å². The fraction of sp³-hybridized carbons (Fsp3) is 0.435. The lowest BCUT2D eigenvalue weighted by Crippen LogP contribution is -2.49. The lowest BCUT2D eigenvalue weighted by molar-refractivity contribution is -0.139. The second-order valence-electron chi connectivity index (χ2n) is 8.32. The number of fused-ring (bicyclic) bond motifs is 3. The van der Waals surface area contributed by atoms with Gasteiger partial charge in [-0.15, -0.1) is 12.4 Å². The molecule has 2 aromatic rings. The van der Waals surface area contributed by atoms with E-state index in [1.54, 1.807) is 0 Å². The van der Waals surface area contributed by atoms with E-state index in [0.717, 1.165) is 19.5 Å². The topological polar surface area (TPSA) is 46.3 Å². The van der Waals surface area contributed by atoms with Gasteiger partial charge in [-0.1, -0.05) is 54.6 Å². The number of rotatable bonds is 2. The van der Waals surface area contributed by atoms with Crippen LogP contribution in [0.4, 0.5) is 0 Å². The van der Waals surface area contributed by atoms with Gasteiger partial charge in [0.05, 0.1) is 5.92 Å². The van der Waals surface area contributed by atoms with Crippen molar-refractivity contribution in [3.63, 3.8) is 0 Å². The monoisotopic (exact) mass is 382 g/mol. The Morgan fingerprint density at radius 3 is 2.41 bits per heavy atom. The van der Waals surface area contributed by atoms with Crippen molar-refractivity contribution >= 4 is 18.3 Å². The van der Waals surface area contributed by atoms with Crippen LogP contribution < -0.4 is 5.73 Å². The highest BCUT2D eigenvalue weighted by atomic mass is 35.5. The summed E-state index contributed by atoms with van der Waals surface area (Å²) in [5, 5.41) is 0. The SMILES string of the molecule is Cl.NC1C2CCC(C2)C1C(=O)N1Cc2ccccc2C(c2ccccc2)C1. The summed E-state index contributed by atoms with van der Waals surface area (Å²) in [5.41, 5.74) is 10.4. The molecule has 3 aliphatic rings. The number of halogens is 1. The van der Waals surface area contributed by atoms with E-state index in [4.69, 9.17) is 5.73 Å².